The molecule has 164 valence electrons. The van der Waals surface area contributed by atoms with Crippen LogP contribution >= 0.6 is 11.6 Å². The first kappa shape index (κ1) is 23.2. The van der Waals surface area contributed by atoms with E-state index in [9.17, 15) is 14.4 Å². The van der Waals surface area contributed by atoms with Crippen LogP contribution in [0.25, 0.3) is 0 Å². The Morgan fingerprint density at radius 1 is 0.781 bits per heavy atom. The Morgan fingerprint density at radius 2 is 1.28 bits per heavy atom. The first-order chi connectivity index (χ1) is 15.1. The van der Waals surface area contributed by atoms with Crippen LogP contribution in [0.5, 0.6) is 11.5 Å². The lowest BCUT2D eigenvalue weighted by molar-refractivity contribution is -0.149. The first-order valence-corrected chi connectivity index (χ1v) is 10.4. The van der Waals surface area contributed by atoms with E-state index >= 15 is 0 Å². The maximum atomic E-state index is 12.6. The molecule has 0 heterocycles. The average Bonchev–Trinajstić information content (AvgIpc) is 2.75. The summed E-state index contributed by atoms with van der Waals surface area (Å²) in [4.78, 5) is 36.4. The third kappa shape index (κ3) is 6.05. The summed E-state index contributed by atoms with van der Waals surface area (Å²) in [7, 11) is 0. The maximum absolute atomic E-state index is 12.6. The molecule has 0 radical (unpaired) electrons. The van der Waals surface area contributed by atoms with Gasteiger partial charge in [0.25, 0.3) is 0 Å². The van der Waals surface area contributed by atoms with Crippen molar-refractivity contribution in [1.29, 1.82) is 0 Å². The van der Waals surface area contributed by atoms with E-state index in [4.69, 9.17) is 21.1 Å². The van der Waals surface area contributed by atoms with Crippen LogP contribution in [0.3, 0.4) is 0 Å². The Balaban J connectivity index is 1.63. The van der Waals surface area contributed by atoms with E-state index in [1.54, 1.807) is 86.6 Å². The monoisotopic (exact) mass is 450 g/mol. The molecule has 0 saturated carbocycles. The second-order valence-corrected chi connectivity index (χ2v) is 8.32. The van der Waals surface area contributed by atoms with Crippen LogP contribution in [-0.2, 0) is 16.0 Å². The van der Waals surface area contributed by atoms with Gasteiger partial charge >= 0.3 is 5.97 Å². The molecule has 0 fully saturated rings. The zero-order chi connectivity index (χ0) is 23.3. The minimum absolute atomic E-state index is 0.0603. The minimum atomic E-state index is -1.26. The summed E-state index contributed by atoms with van der Waals surface area (Å²) < 4.78 is 11.2. The molecule has 0 spiro atoms. The van der Waals surface area contributed by atoms with Crippen LogP contribution in [0.15, 0.2) is 72.8 Å². The van der Waals surface area contributed by atoms with Crippen molar-refractivity contribution in [2.75, 3.05) is 0 Å². The summed E-state index contributed by atoms with van der Waals surface area (Å²) in [6.45, 7) is 4.73. The standard InChI is InChI=1S/C26H23ClO5/c1-17(28)16-18-4-12-22(13-5-18)31-25(30)26(2,3)32-23-14-8-20(9-15-23)24(29)19-6-10-21(27)11-7-19/h4-15H,16H2,1-3H3. The number of benzene rings is 3. The lowest BCUT2D eigenvalue weighted by Gasteiger charge is -2.24. The number of carbonyl (C=O) groups is 3. The van der Waals surface area contributed by atoms with E-state index in [-0.39, 0.29) is 11.6 Å². The summed E-state index contributed by atoms with van der Waals surface area (Å²) in [6.07, 6.45) is 0.333. The van der Waals surface area contributed by atoms with Crippen molar-refractivity contribution in [2.24, 2.45) is 0 Å². The van der Waals surface area contributed by atoms with Crippen LogP contribution in [-0.4, -0.2) is 23.1 Å². The number of carbonyl (C=O) groups excluding carboxylic acids is 3. The van der Waals surface area contributed by atoms with Crippen molar-refractivity contribution in [3.8, 4) is 11.5 Å². The lowest BCUT2D eigenvalue weighted by atomic mass is 10.0. The van der Waals surface area contributed by atoms with Gasteiger partial charge < -0.3 is 9.47 Å². The average molecular weight is 451 g/mol. The van der Waals surface area contributed by atoms with Gasteiger partial charge in [-0.15, -0.1) is 0 Å². The largest absolute Gasteiger partial charge is 0.476 e. The highest BCUT2D eigenvalue weighted by molar-refractivity contribution is 6.30. The molecule has 5 nitrogen and oxygen atoms in total. The number of halogens is 1. The zero-order valence-corrected chi connectivity index (χ0v) is 18.8. The summed E-state index contributed by atoms with van der Waals surface area (Å²) in [5.74, 6) is 0.141. The Kier molecular flexibility index (Phi) is 7.11. The highest BCUT2D eigenvalue weighted by Gasteiger charge is 2.32. The number of Topliss-reactive ketones (excluding diaryl/α,β-unsaturated/α-hetero) is 1. The topological polar surface area (TPSA) is 69.7 Å². The van der Waals surface area contributed by atoms with Gasteiger partial charge in [-0.1, -0.05) is 23.7 Å². The molecule has 6 heteroatoms. The van der Waals surface area contributed by atoms with Crippen molar-refractivity contribution in [2.45, 2.75) is 32.8 Å². The van der Waals surface area contributed by atoms with Gasteiger partial charge in [-0.3, -0.25) is 9.59 Å². The number of hydrogen-bond acceptors (Lipinski definition) is 5. The van der Waals surface area contributed by atoms with Crippen LogP contribution in [0, 0.1) is 0 Å². The molecular formula is C26H23ClO5. The smallest absolute Gasteiger partial charge is 0.355 e. The number of ketones is 2. The first-order valence-electron chi connectivity index (χ1n) is 10.0. The fraction of sp³-hybridized carbons (Fsp3) is 0.192. The van der Waals surface area contributed by atoms with E-state index in [2.05, 4.69) is 0 Å². The van der Waals surface area contributed by atoms with Crippen LogP contribution in [0.1, 0.15) is 42.3 Å². The van der Waals surface area contributed by atoms with Gasteiger partial charge in [0, 0.05) is 22.6 Å². The second kappa shape index (κ2) is 9.79. The second-order valence-electron chi connectivity index (χ2n) is 7.89. The van der Waals surface area contributed by atoms with Crippen LogP contribution in [0.4, 0.5) is 0 Å². The van der Waals surface area contributed by atoms with Gasteiger partial charge in [-0.05, 0) is 87.0 Å². The molecule has 0 bridgehead atoms. The summed E-state index contributed by atoms with van der Waals surface area (Å²) in [6, 6.07) is 20.0. The van der Waals surface area contributed by atoms with Gasteiger partial charge in [-0.25, -0.2) is 4.79 Å². The summed E-state index contributed by atoms with van der Waals surface area (Å²) in [5, 5.41) is 0.561. The zero-order valence-electron chi connectivity index (χ0n) is 18.1. The van der Waals surface area contributed by atoms with E-state index < -0.39 is 11.6 Å². The maximum Gasteiger partial charge on any atom is 0.355 e. The van der Waals surface area contributed by atoms with Gasteiger partial charge in [0.15, 0.2) is 5.78 Å². The molecule has 3 rings (SSSR count). The molecule has 0 amide bonds. The molecule has 0 aliphatic heterocycles. The van der Waals surface area contributed by atoms with E-state index in [0.717, 1.165) is 5.56 Å². The van der Waals surface area contributed by atoms with Crippen molar-refractivity contribution in [3.05, 3.63) is 94.5 Å². The van der Waals surface area contributed by atoms with Crippen LogP contribution in [0.2, 0.25) is 5.02 Å². The highest BCUT2D eigenvalue weighted by atomic mass is 35.5. The number of ether oxygens (including phenoxy) is 2. The Morgan fingerprint density at radius 3 is 1.81 bits per heavy atom. The van der Waals surface area contributed by atoms with Gasteiger partial charge in [0.2, 0.25) is 5.60 Å². The number of esters is 1. The van der Waals surface area contributed by atoms with Crippen molar-refractivity contribution in [3.63, 3.8) is 0 Å². The van der Waals surface area contributed by atoms with Crippen molar-refractivity contribution in [1.82, 2.24) is 0 Å². The molecule has 0 aliphatic carbocycles. The third-order valence-corrected chi connectivity index (χ3v) is 4.93. The lowest BCUT2D eigenvalue weighted by Crippen LogP contribution is -2.41. The quantitative estimate of drug-likeness (QED) is 0.259. The van der Waals surface area contributed by atoms with Gasteiger partial charge in [0.1, 0.15) is 17.3 Å². The molecule has 0 aliphatic rings. The molecule has 0 saturated heterocycles. The Labute approximate surface area is 191 Å². The molecule has 0 N–H and O–H groups in total. The minimum Gasteiger partial charge on any atom is -0.476 e. The van der Waals surface area contributed by atoms with Crippen molar-refractivity contribution < 1.29 is 23.9 Å². The van der Waals surface area contributed by atoms with E-state index in [0.29, 0.717) is 34.1 Å². The molecule has 0 unspecified atom stereocenters. The summed E-state index contributed by atoms with van der Waals surface area (Å²) in [5.41, 5.74) is 0.604. The van der Waals surface area contributed by atoms with Gasteiger partial charge in [0.05, 0.1) is 0 Å². The Hall–Kier alpha value is -3.44. The van der Waals surface area contributed by atoms with E-state index in [1.165, 1.54) is 6.92 Å². The van der Waals surface area contributed by atoms with Crippen molar-refractivity contribution >= 4 is 29.1 Å². The molecule has 0 aromatic heterocycles. The molecule has 0 atom stereocenters. The predicted molar refractivity (Wildman–Crippen MR) is 122 cm³/mol. The highest BCUT2D eigenvalue weighted by Crippen LogP contribution is 2.23. The fourth-order valence-corrected chi connectivity index (χ4v) is 3.10. The third-order valence-electron chi connectivity index (χ3n) is 4.67. The number of rotatable bonds is 8. The molecule has 3 aromatic carbocycles. The Bertz CT molecular complexity index is 1110. The normalized spacial score (nSPS) is 11.0. The predicted octanol–water partition coefficient (Wildman–Crippen LogP) is 5.47. The van der Waals surface area contributed by atoms with Crippen LogP contribution < -0.4 is 9.47 Å². The van der Waals surface area contributed by atoms with Gasteiger partial charge in [-0.2, -0.15) is 0 Å². The number of hydrogen-bond donors (Lipinski definition) is 0. The molecule has 32 heavy (non-hydrogen) atoms. The summed E-state index contributed by atoms with van der Waals surface area (Å²) >= 11 is 5.87. The SMILES string of the molecule is CC(=O)Cc1ccc(OC(=O)C(C)(C)Oc2ccc(C(=O)c3ccc(Cl)cc3)cc2)cc1. The van der Waals surface area contributed by atoms with E-state index in [1.807, 2.05) is 0 Å². The molecular weight excluding hydrogens is 428 g/mol. The fourth-order valence-electron chi connectivity index (χ4n) is 2.97. The molecule has 3 aromatic rings.